The molecule has 0 spiro atoms. The number of carbonyl (C=O) groups excluding carboxylic acids is 1. The smallest absolute Gasteiger partial charge is 0.337 e. The van der Waals surface area contributed by atoms with Crippen LogP contribution in [0.3, 0.4) is 0 Å². The Morgan fingerprint density at radius 2 is 1.50 bits per heavy atom. The summed E-state index contributed by atoms with van der Waals surface area (Å²) in [6.07, 6.45) is -0.499. The van der Waals surface area contributed by atoms with Crippen molar-refractivity contribution in [2.75, 3.05) is 27.0 Å². The molecule has 2 aromatic carbocycles. The van der Waals surface area contributed by atoms with E-state index < -0.39 is 45.8 Å². The lowest BCUT2D eigenvalue weighted by molar-refractivity contribution is -0.328. The summed E-state index contributed by atoms with van der Waals surface area (Å²) >= 11 is 0. The van der Waals surface area contributed by atoms with Crippen molar-refractivity contribution in [3.8, 4) is 0 Å². The van der Waals surface area contributed by atoms with Gasteiger partial charge in [0.1, 0.15) is 11.9 Å². The monoisotopic (exact) mass is 676 g/mol. The van der Waals surface area contributed by atoms with Gasteiger partial charge in [-0.05, 0) is 48.0 Å². The molecule has 0 aromatic heterocycles. The summed E-state index contributed by atoms with van der Waals surface area (Å²) in [6, 6.07) is 20.8. The molecule has 0 unspecified atom stereocenters. The normalized spacial score (nSPS) is 21.8. The number of hydrogen-bond acceptors (Lipinski definition) is 8. The summed E-state index contributed by atoms with van der Waals surface area (Å²) in [6.45, 7) is 14.4. The number of ketones is 1. The molecule has 0 amide bonds. The Labute approximate surface area is 276 Å². The largest absolute Gasteiger partial charge is 0.481 e. The van der Waals surface area contributed by atoms with Gasteiger partial charge in [-0.2, -0.15) is 0 Å². The maximum absolute atomic E-state index is 13.3. The van der Waals surface area contributed by atoms with Gasteiger partial charge in [0.25, 0.3) is 8.32 Å². The standard InChI is InChI=1S/C35H53O9PSi/c1-25(30(36)24-45(39,40-8)41-9)22-27(33-26(2)31(23-32(37)38)43-35(6,7)44-33)20-21-42-46(34(3,4)5,28-16-12-10-13-17-28)29-18-14-11-15-19-29/h10-19,25-27,31,33H,20-24H2,1-9H3,(H,37,38)/t25-,26+,27+,31-,33-/m1/s1. The van der Waals surface area contributed by atoms with Crippen molar-refractivity contribution in [1.29, 1.82) is 0 Å². The highest BCUT2D eigenvalue weighted by molar-refractivity contribution is 7.54. The van der Waals surface area contributed by atoms with Crippen LogP contribution in [0.25, 0.3) is 0 Å². The molecule has 1 aliphatic heterocycles. The van der Waals surface area contributed by atoms with E-state index in [1.54, 1.807) is 13.8 Å². The molecule has 1 fully saturated rings. The second-order valence-electron chi connectivity index (χ2n) is 13.9. The van der Waals surface area contributed by atoms with Crippen molar-refractivity contribution in [2.24, 2.45) is 17.8 Å². The molecule has 9 nitrogen and oxygen atoms in total. The third-order valence-electron chi connectivity index (χ3n) is 9.14. The highest BCUT2D eigenvalue weighted by atomic mass is 31.2. The van der Waals surface area contributed by atoms with E-state index in [-0.39, 0.29) is 35.2 Å². The van der Waals surface area contributed by atoms with Gasteiger partial charge in [-0.15, -0.1) is 0 Å². The average molecular weight is 677 g/mol. The molecule has 1 N–H and O–H groups in total. The number of rotatable bonds is 16. The molecule has 46 heavy (non-hydrogen) atoms. The van der Waals surface area contributed by atoms with E-state index in [4.69, 9.17) is 22.9 Å². The Kier molecular flexibility index (Phi) is 13.2. The summed E-state index contributed by atoms with van der Waals surface area (Å²) in [4.78, 5) is 25.1. The van der Waals surface area contributed by atoms with E-state index in [1.807, 2.05) is 50.2 Å². The Hall–Kier alpha value is -2.17. The van der Waals surface area contributed by atoms with Gasteiger partial charge in [0.15, 0.2) is 5.79 Å². The van der Waals surface area contributed by atoms with Crippen LogP contribution in [0, 0.1) is 17.8 Å². The Morgan fingerprint density at radius 3 is 1.96 bits per heavy atom. The van der Waals surface area contributed by atoms with Crippen LogP contribution >= 0.6 is 7.60 Å². The first-order valence-corrected chi connectivity index (χ1v) is 19.7. The summed E-state index contributed by atoms with van der Waals surface area (Å²) in [7, 11) is -3.82. The van der Waals surface area contributed by atoms with Gasteiger partial charge in [0.2, 0.25) is 0 Å². The maximum atomic E-state index is 13.3. The molecule has 0 radical (unpaired) electrons. The lowest BCUT2D eigenvalue weighted by Crippen LogP contribution is -2.66. The minimum Gasteiger partial charge on any atom is -0.481 e. The predicted octanol–water partition coefficient (Wildman–Crippen LogP) is 6.28. The fourth-order valence-corrected chi connectivity index (χ4v) is 12.4. The highest BCUT2D eigenvalue weighted by Crippen LogP contribution is 2.47. The van der Waals surface area contributed by atoms with E-state index in [1.165, 1.54) is 24.6 Å². The van der Waals surface area contributed by atoms with E-state index >= 15 is 0 Å². The molecule has 1 aliphatic rings. The molecule has 0 saturated carbocycles. The molecule has 2 aromatic rings. The van der Waals surface area contributed by atoms with Gasteiger partial charge >= 0.3 is 13.6 Å². The molecule has 11 heteroatoms. The first-order chi connectivity index (χ1) is 21.5. The number of ether oxygens (including phenoxy) is 2. The van der Waals surface area contributed by atoms with Crippen LogP contribution in [-0.4, -0.2) is 70.2 Å². The second-order valence-corrected chi connectivity index (χ2v) is 20.5. The van der Waals surface area contributed by atoms with E-state index in [0.717, 1.165) is 0 Å². The first kappa shape index (κ1) is 38.3. The van der Waals surface area contributed by atoms with Crippen molar-refractivity contribution in [3.63, 3.8) is 0 Å². The van der Waals surface area contributed by atoms with Crippen LogP contribution in [0.2, 0.25) is 5.04 Å². The molecule has 1 saturated heterocycles. The zero-order chi connectivity index (χ0) is 34.3. The molecule has 3 rings (SSSR count). The van der Waals surface area contributed by atoms with E-state index in [0.29, 0.717) is 19.4 Å². The Morgan fingerprint density at radius 1 is 0.978 bits per heavy atom. The lowest BCUT2D eigenvalue weighted by atomic mass is 9.79. The Balaban J connectivity index is 2.00. The van der Waals surface area contributed by atoms with Gasteiger partial charge < -0.3 is 28.1 Å². The molecule has 0 aliphatic carbocycles. The van der Waals surface area contributed by atoms with Gasteiger partial charge in [-0.25, -0.2) is 0 Å². The number of hydrogen-bond donors (Lipinski definition) is 1. The number of Topliss-reactive ketones (excluding diaryl/α,β-unsaturated/α-hetero) is 1. The zero-order valence-electron chi connectivity index (χ0n) is 28.9. The summed E-state index contributed by atoms with van der Waals surface area (Å²) in [5, 5.41) is 11.8. The fraction of sp³-hybridized carbons (Fsp3) is 0.600. The third kappa shape index (κ3) is 9.25. The van der Waals surface area contributed by atoms with E-state index in [2.05, 4.69) is 45.0 Å². The average Bonchev–Trinajstić information content (AvgIpc) is 3.00. The molecular formula is C35H53O9PSi. The van der Waals surface area contributed by atoms with Crippen molar-refractivity contribution in [2.45, 2.75) is 90.8 Å². The van der Waals surface area contributed by atoms with Crippen LogP contribution in [0.4, 0.5) is 0 Å². The van der Waals surface area contributed by atoms with Gasteiger partial charge in [0.05, 0.1) is 18.6 Å². The molecule has 0 bridgehead atoms. The lowest BCUT2D eigenvalue weighted by Gasteiger charge is -2.48. The Bertz CT molecular complexity index is 1280. The van der Waals surface area contributed by atoms with Crippen molar-refractivity contribution in [1.82, 2.24) is 0 Å². The summed E-state index contributed by atoms with van der Waals surface area (Å²) < 4.78 is 42.7. The van der Waals surface area contributed by atoms with Gasteiger partial charge in [-0.1, -0.05) is 95.3 Å². The van der Waals surface area contributed by atoms with Crippen LogP contribution in [0.1, 0.15) is 67.7 Å². The molecular weight excluding hydrogens is 623 g/mol. The number of aliphatic carboxylic acids is 1. The number of carboxylic acid groups (broad SMARTS) is 1. The third-order valence-corrected chi connectivity index (χ3v) is 16.0. The quantitative estimate of drug-likeness (QED) is 0.162. The van der Waals surface area contributed by atoms with Crippen LogP contribution < -0.4 is 10.4 Å². The molecule has 1 heterocycles. The van der Waals surface area contributed by atoms with Crippen molar-refractivity contribution < 1.29 is 42.2 Å². The minimum absolute atomic E-state index is 0.158. The number of carbonyl (C=O) groups is 2. The molecule has 256 valence electrons. The number of carboxylic acids is 1. The topological polar surface area (TPSA) is 118 Å². The van der Waals surface area contributed by atoms with Crippen molar-refractivity contribution >= 4 is 38.0 Å². The zero-order valence-corrected chi connectivity index (χ0v) is 30.8. The fourth-order valence-electron chi connectivity index (χ4n) is 6.75. The first-order valence-electron chi connectivity index (χ1n) is 16.0. The second kappa shape index (κ2) is 15.8. The minimum atomic E-state index is -3.54. The van der Waals surface area contributed by atoms with Crippen molar-refractivity contribution in [3.05, 3.63) is 60.7 Å². The van der Waals surface area contributed by atoms with Gasteiger partial charge in [0, 0.05) is 32.7 Å². The van der Waals surface area contributed by atoms with Crippen LogP contribution in [0.5, 0.6) is 0 Å². The van der Waals surface area contributed by atoms with Gasteiger partial charge in [-0.3, -0.25) is 14.2 Å². The van der Waals surface area contributed by atoms with E-state index in [9.17, 15) is 19.3 Å². The predicted molar refractivity (Wildman–Crippen MR) is 182 cm³/mol. The maximum Gasteiger partial charge on any atom is 0.337 e. The SMILES string of the molecule is COP(=O)(CC(=O)[C@H](C)C[C@H](CCO[Si](c1ccccc1)(c1ccccc1)C(C)(C)C)[C@@H]1OC(C)(C)O[C@H](CC(=O)O)[C@@H]1C)OC. The summed E-state index contributed by atoms with van der Waals surface area (Å²) in [5.74, 6) is -3.16. The number of benzene rings is 2. The van der Waals surface area contributed by atoms with Crippen LogP contribution in [0.15, 0.2) is 60.7 Å². The molecule has 5 atom stereocenters. The highest BCUT2D eigenvalue weighted by Gasteiger charge is 2.51. The summed E-state index contributed by atoms with van der Waals surface area (Å²) in [5.41, 5.74) is 0. The van der Waals surface area contributed by atoms with Crippen LogP contribution in [-0.2, 0) is 37.1 Å².